The van der Waals surface area contributed by atoms with Crippen LogP contribution >= 0.6 is 0 Å². The molecule has 1 aliphatic carbocycles. The highest BCUT2D eigenvalue weighted by molar-refractivity contribution is 5.41. The summed E-state index contributed by atoms with van der Waals surface area (Å²) in [6, 6.07) is 4.31. The second kappa shape index (κ2) is 3.83. The first-order chi connectivity index (χ1) is 7.60. The van der Waals surface area contributed by atoms with Crippen molar-refractivity contribution in [1.29, 1.82) is 0 Å². The van der Waals surface area contributed by atoms with Crippen molar-refractivity contribution in [3.05, 3.63) is 39.7 Å². The average molecular weight is 224 g/mol. The van der Waals surface area contributed by atoms with Crippen LogP contribution in [0.4, 0.5) is 10.1 Å². The minimum Gasteiger partial charge on any atom is -0.330 e. The number of rotatable bonds is 3. The van der Waals surface area contributed by atoms with E-state index in [2.05, 4.69) is 0 Å². The van der Waals surface area contributed by atoms with Gasteiger partial charge in [0.1, 0.15) is 0 Å². The van der Waals surface area contributed by atoms with E-state index in [1.165, 1.54) is 12.1 Å². The normalized spacial score (nSPS) is 17.9. The summed E-state index contributed by atoms with van der Waals surface area (Å²) in [5.41, 5.74) is 5.22. The average Bonchev–Trinajstić information content (AvgIpc) is 2.19. The van der Waals surface area contributed by atoms with Crippen molar-refractivity contribution in [2.24, 2.45) is 5.73 Å². The first-order valence-electron chi connectivity index (χ1n) is 5.24. The van der Waals surface area contributed by atoms with Crippen molar-refractivity contribution >= 4 is 5.69 Å². The van der Waals surface area contributed by atoms with Crippen molar-refractivity contribution in [2.45, 2.75) is 24.7 Å². The van der Waals surface area contributed by atoms with Crippen LogP contribution in [0, 0.1) is 15.9 Å². The zero-order valence-corrected chi connectivity index (χ0v) is 8.78. The van der Waals surface area contributed by atoms with Crippen molar-refractivity contribution < 1.29 is 9.31 Å². The molecule has 2 rings (SSSR count). The summed E-state index contributed by atoms with van der Waals surface area (Å²) < 4.78 is 13.9. The molecule has 1 aromatic rings. The Kier molecular flexibility index (Phi) is 2.63. The molecular weight excluding hydrogens is 211 g/mol. The monoisotopic (exact) mass is 224 g/mol. The largest absolute Gasteiger partial charge is 0.330 e. The van der Waals surface area contributed by atoms with Crippen LogP contribution in [-0.2, 0) is 5.41 Å². The quantitative estimate of drug-likeness (QED) is 0.631. The second-order valence-corrected chi connectivity index (χ2v) is 4.23. The summed E-state index contributed by atoms with van der Waals surface area (Å²) in [6.07, 6.45) is 2.61. The molecule has 0 aliphatic heterocycles. The van der Waals surface area contributed by atoms with E-state index in [-0.39, 0.29) is 5.41 Å². The molecule has 0 bridgehead atoms. The van der Waals surface area contributed by atoms with Gasteiger partial charge in [0.25, 0.3) is 0 Å². The summed E-state index contributed by atoms with van der Waals surface area (Å²) >= 11 is 0. The van der Waals surface area contributed by atoms with E-state index < -0.39 is 16.4 Å². The molecule has 1 saturated carbocycles. The highest BCUT2D eigenvalue weighted by atomic mass is 19.1. The van der Waals surface area contributed by atoms with Gasteiger partial charge in [0.05, 0.1) is 4.92 Å². The number of halogens is 1. The third kappa shape index (κ3) is 1.48. The lowest BCUT2D eigenvalue weighted by Crippen LogP contribution is -2.42. The highest BCUT2D eigenvalue weighted by Crippen LogP contribution is 2.44. The Morgan fingerprint density at radius 1 is 1.50 bits per heavy atom. The van der Waals surface area contributed by atoms with Crippen LogP contribution in [-0.4, -0.2) is 11.5 Å². The van der Waals surface area contributed by atoms with Crippen LogP contribution in [0.25, 0.3) is 0 Å². The molecule has 0 aromatic heterocycles. The first kappa shape index (κ1) is 11.0. The van der Waals surface area contributed by atoms with Gasteiger partial charge in [-0.2, -0.15) is 4.39 Å². The van der Waals surface area contributed by atoms with Gasteiger partial charge in [0.15, 0.2) is 0 Å². The lowest BCUT2D eigenvalue weighted by molar-refractivity contribution is -0.387. The minimum absolute atomic E-state index is 0.338. The number of hydrogen-bond donors (Lipinski definition) is 1. The minimum atomic E-state index is -0.724. The Balaban J connectivity index is 2.49. The molecule has 1 aliphatic rings. The summed E-state index contributed by atoms with van der Waals surface area (Å²) in [4.78, 5) is 9.94. The Hall–Kier alpha value is -1.49. The number of nitro groups is 1. The zero-order chi connectivity index (χ0) is 11.8. The molecule has 5 heteroatoms. The van der Waals surface area contributed by atoms with Gasteiger partial charge in [-0.3, -0.25) is 10.1 Å². The molecule has 0 radical (unpaired) electrons. The number of nitro benzene ring substituents is 1. The molecule has 0 atom stereocenters. The van der Waals surface area contributed by atoms with E-state index in [1.807, 2.05) is 0 Å². The van der Waals surface area contributed by atoms with Gasteiger partial charge in [-0.05, 0) is 12.8 Å². The third-order valence-electron chi connectivity index (χ3n) is 3.45. The molecule has 0 saturated heterocycles. The fourth-order valence-corrected chi connectivity index (χ4v) is 2.26. The summed E-state index contributed by atoms with van der Waals surface area (Å²) in [5.74, 6) is -0.724. The molecule has 16 heavy (non-hydrogen) atoms. The van der Waals surface area contributed by atoms with Gasteiger partial charge >= 0.3 is 5.69 Å². The van der Waals surface area contributed by atoms with Gasteiger partial charge in [-0.1, -0.05) is 18.6 Å². The molecule has 1 fully saturated rings. The molecule has 4 nitrogen and oxygen atoms in total. The Labute approximate surface area is 92.4 Å². The van der Waals surface area contributed by atoms with Gasteiger partial charge in [0.2, 0.25) is 5.82 Å². The Morgan fingerprint density at radius 2 is 2.19 bits per heavy atom. The second-order valence-electron chi connectivity index (χ2n) is 4.23. The number of nitrogens with zero attached hydrogens (tertiary/aromatic N) is 1. The standard InChI is InChI=1S/C11H13FN2O2/c12-10-8(11(7-13)5-2-6-11)3-1-4-9(10)14(15)16/h1,3-4H,2,5-7,13H2. The Bertz CT molecular complexity index is 424. The lowest BCUT2D eigenvalue weighted by atomic mass is 9.64. The fraction of sp³-hybridized carbons (Fsp3) is 0.455. The third-order valence-corrected chi connectivity index (χ3v) is 3.45. The van der Waals surface area contributed by atoms with E-state index in [9.17, 15) is 14.5 Å². The number of benzene rings is 1. The molecule has 2 N–H and O–H groups in total. The van der Waals surface area contributed by atoms with E-state index >= 15 is 0 Å². The van der Waals surface area contributed by atoms with Gasteiger partial charge in [0, 0.05) is 23.6 Å². The smallest absolute Gasteiger partial charge is 0.305 e. The number of hydrogen-bond acceptors (Lipinski definition) is 3. The molecule has 0 amide bonds. The zero-order valence-electron chi connectivity index (χ0n) is 8.78. The predicted octanol–water partition coefficient (Wildman–Crippen LogP) is 2.11. The van der Waals surface area contributed by atoms with Gasteiger partial charge < -0.3 is 5.73 Å². The van der Waals surface area contributed by atoms with Crippen LogP contribution in [0.3, 0.4) is 0 Å². The van der Waals surface area contributed by atoms with Gasteiger partial charge in [-0.15, -0.1) is 0 Å². The Morgan fingerprint density at radius 3 is 2.62 bits per heavy atom. The lowest BCUT2D eigenvalue weighted by Gasteiger charge is -2.41. The fourth-order valence-electron chi connectivity index (χ4n) is 2.26. The molecule has 0 spiro atoms. The maximum absolute atomic E-state index is 13.9. The highest BCUT2D eigenvalue weighted by Gasteiger charge is 2.40. The van der Waals surface area contributed by atoms with Gasteiger partial charge in [-0.25, -0.2) is 0 Å². The van der Waals surface area contributed by atoms with Crippen LogP contribution in [0.15, 0.2) is 18.2 Å². The summed E-state index contributed by atoms with van der Waals surface area (Å²) in [5, 5.41) is 10.6. The summed E-state index contributed by atoms with van der Waals surface area (Å²) in [7, 11) is 0. The van der Waals surface area contributed by atoms with Crippen molar-refractivity contribution in [3.8, 4) is 0 Å². The van der Waals surface area contributed by atoms with Crippen LogP contribution in [0.1, 0.15) is 24.8 Å². The van der Waals surface area contributed by atoms with E-state index in [0.29, 0.717) is 12.1 Å². The van der Waals surface area contributed by atoms with Crippen molar-refractivity contribution in [3.63, 3.8) is 0 Å². The topological polar surface area (TPSA) is 69.2 Å². The molecular formula is C11H13FN2O2. The van der Waals surface area contributed by atoms with E-state index in [0.717, 1.165) is 19.3 Å². The maximum Gasteiger partial charge on any atom is 0.305 e. The van der Waals surface area contributed by atoms with E-state index in [4.69, 9.17) is 5.73 Å². The number of nitrogens with two attached hydrogens (primary N) is 1. The molecule has 1 aromatic carbocycles. The van der Waals surface area contributed by atoms with Crippen LogP contribution in [0.5, 0.6) is 0 Å². The van der Waals surface area contributed by atoms with E-state index in [1.54, 1.807) is 6.07 Å². The van der Waals surface area contributed by atoms with Crippen molar-refractivity contribution in [1.82, 2.24) is 0 Å². The molecule has 86 valence electrons. The molecule has 0 unspecified atom stereocenters. The SMILES string of the molecule is NCC1(c2cccc([N+](=O)[O-])c2F)CCC1. The maximum atomic E-state index is 13.9. The van der Waals surface area contributed by atoms with Crippen LogP contribution < -0.4 is 5.73 Å². The van der Waals surface area contributed by atoms with Crippen molar-refractivity contribution in [2.75, 3.05) is 6.54 Å². The first-order valence-corrected chi connectivity index (χ1v) is 5.24. The van der Waals surface area contributed by atoms with Crippen LogP contribution in [0.2, 0.25) is 0 Å². The molecule has 0 heterocycles. The predicted molar refractivity (Wildman–Crippen MR) is 57.6 cm³/mol. The summed E-state index contributed by atoms with van der Waals surface area (Å²) in [6.45, 7) is 0.338.